The molecule has 1 aliphatic rings. The van der Waals surface area contributed by atoms with Gasteiger partial charge in [0.1, 0.15) is 11.3 Å². The van der Waals surface area contributed by atoms with Crippen molar-refractivity contribution >= 4 is 35.5 Å². The van der Waals surface area contributed by atoms with E-state index in [1.165, 1.54) is 0 Å². The summed E-state index contributed by atoms with van der Waals surface area (Å²) >= 11 is 0. The molecule has 0 aromatic heterocycles. The molecule has 1 atom stereocenters. The number of imide groups is 1. The standard InChI is InChI=1S/C16H20N6O3/c1-2-8-16(14(24)20-15(25)21-16)10-18-13(23)12(17)9-19-22-11-6-4-3-5-7-11/h3-7,9,17,22H,2,8,10H2,1H3,(H,18,23)(H2,20,21,24,25)/b17-12?,19-9-. The van der Waals surface area contributed by atoms with Gasteiger partial charge in [-0.25, -0.2) is 4.79 Å². The monoisotopic (exact) mass is 344 g/mol. The first-order valence-electron chi connectivity index (χ1n) is 7.81. The summed E-state index contributed by atoms with van der Waals surface area (Å²) in [6, 6.07) is 8.49. The minimum Gasteiger partial charge on any atom is -0.348 e. The van der Waals surface area contributed by atoms with Gasteiger partial charge in [-0.3, -0.25) is 25.7 Å². The number of rotatable bonds is 8. The first kappa shape index (κ1) is 18.1. The lowest BCUT2D eigenvalue weighted by Crippen LogP contribution is -2.55. The normalized spacial score (nSPS) is 19.4. The van der Waals surface area contributed by atoms with Crippen LogP contribution in [0.2, 0.25) is 0 Å². The number of carbonyl (C=O) groups is 3. The Morgan fingerprint density at radius 3 is 2.64 bits per heavy atom. The second kappa shape index (κ2) is 8.04. The molecule has 9 nitrogen and oxygen atoms in total. The van der Waals surface area contributed by atoms with Crippen LogP contribution in [-0.4, -0.2) is 41.9 Å². The highest BCUT2D eigenvalue weighted by atomic mass is 16.2. The van der Waals surface area contributed by atoms with E-state index in [1.807, 2.05) is 25.1 Å². The Kier molecular flexibility index (Phi) is 5.83. The largest absolute Gasteiger partial charge is 0.348 e. The van der Waals surface area contributed by atoms with Gasteiger partial charge in [0, 0.05) is 0 Å². The molecule has 1 heterocycles. The van der Waals surface area contributed by atoms with E-state index in [1.54, 1.807) is 12.1 Å². The number of anilines is 1. The molecule has 1 aliphatic heterocycles. The molecule has 2 rings (SSSR count). The summed E-state index contributed by atoms with van der Waals surface area (Å²) in [6.45, 7) is 1.77. The summed E-state index contributed by atoms with van der Waals surface area (Å²) in [5, 5.41) is 18.7. The fraction of sp³-hybridized carbons (Fsp3) is 0.312. The van der Waals surface area contributed by atoms with E-state index in [0.717, 1.165) is 11.9 Å². The zero-order valence-corrected chi connectivity index (χ0v) is 13.8. The summed E-state index contributed by atoms with van der Waals surface area (Å²) in [5.74, 6) is -1.17. The molecule has 1 aromatic carbocycles. The van der Waals surface area contributed by atoms with Crippen molar-refractivity contribution < 1.29 is 14.4 Å². The van der Waals surface area contributed by atoms with E-state index in [2.05, 4.69) is 26.5 Å². The van der Waals surface area contributed by atoms with Gasteiger partial charge in [0.2, 0.25) is 0 Å². The molecule has 0 bridgehead atoms. The van der Waals surface area contributed by atoms with Crippen LogP contribution in [0.25, 0.3) is 0 Å². The molecule has 9 heteroatoms. The van der Waals surface area contributed by atoms with Gasteiger partial charge in [-0.1, -0.05) is 31.5 Å². The van der Waals surface area contributed by atoms with Crippen molar-refractivity contribution in [2.75, 3.05) is 12.0 Å². The molecule has 0 radical (unpaired) electrons. The summed E-state index contributed by atoms with van der Waals surface area (Å²) < 4.78 is 0. The number of benzene rings is 1. The Morgan fingerprint density at radius 2 is 2.04 bits per heavy atom. The van der Waals surface area contributed by atoms with Crippen LogP contribution in [0.1, 0.15) is 19.8 Å². The second-order valence-electron chi connectivity index (χ2n) is 5.57. The van der Waals surface area contributed by atoms with Crippen molar-refractivity contribution in [3.63, 3.8) is 0 Å². The molecule has 4 amide bonds. The number of para-hydroxylation sites is 1. The molecule has 0 saturated carbocycles. The third-order valence-electron chi connectivity index (χ3n) is 3.65. The summed E-state index contributed by atoms with van der Waals surface area (Å²) in [5.41, 5.74) is 1.86. The molecule has 5 N–H and O–H groups in total. The van der Waals surface area contributed by atoms with Crippen LogP contribution in [0.5, 0.6) is 0 Å². The highest BCUT2D eigenvalue weighted by molar-refractivity contribution is 6.59. The molecule has 0 aliphatic carbocycles. The van der Waals surface area contributed by atoms with Crippen LogP contribution in [-0.2, 0) is 9.59 Å². The number of nitrogens with one attached hydrogen (secondary N) is 5. The lowest BCUT2D eigenvalue weighted by atomic mass is 9.93. The zero-order valence-electron chi connectivity index (χ0n) is 13.8. The smallest absolute Gasteiger partial charge is 0.322 e. The molecule has 1 aromatic rings. The number of carbonyl (C=O) groups excluding carboxylic acids is 3. The van der Waals surface area contributed by atoms with E-state index in [4.69, 9.17) is 5.41 Å². The van der Waals surface area contributed by atoms with Crippen LogP contribution in [0.4, 0.5) is 10.5 Å². The van der Waals surface area contributed by atoms with Gasteiger partial charge in [0.05, 0.1) is 18.4 Å². The molecular formula is C16H20N6O3. The fourth-order valence-corrected chi connectivity index (χ4v) is 2.41. The number of urea groups is 1. The molecule has 0 spiro atoms. The van der Waals surface area contributed by atoms with Gasteiger partial charge >= 0.3 is 6.03 Å². The predicted octanol–water partition coefficient (Wildman–Crippen LogP) is 0.599. The van der Waals surface area contributed by atoms with Crippen molar-refractivity contribution in [2.45, 2.75) is 25.3 Å². The molecule has 1 saturated heterocycles. The third-order valence-corrected chi connectivity index (χ3v) is 3.65. The van der Waals surface area contributed by atoms with E-state index in [-0.39, 0.29) is 12.3 Å². The van der Waals surface area contributed by atoms with Crippen molar-refractivity contribution in [2.24, 2.45) is 5.10 Å². The number of hydrogen-bond acceptors (Lipinski definition) is 6. The minimum atomic E-state index is -1.18. The third kappa shape index (κ3) is 4.63. The van der Waals surface area contributed by atoms with E-state index < -0.39 is 23.4 Å². The van der Waals surface area contributed by atoms with Crippen LogP contribution in [0, 0.1) is 5.41 Å². The Morgan fingerprint density at radius 1 is 1.32 bits per heavy atom. The van der Waals surface area contributed by atoms with Crippen molar-refractivity contribution in [1.29, 1.82) is 5.41 Å². The van der Waals surface area contributed by atoms with Crippen LogP contribution < -0.4 is 21.4 Å². The van der Waals surface area contributed by atoms with E-state index >= 15 is 0 Å². The number of nitrogens with zero attached hydrogens (tertiary/aromatic N) is 1. The minimum absolute atomic E-state index is 0.0976. The van der Waals surface area contributed by atoms with Crippen molar-refractivity contribution in [3.05, 3.63) is 30.3 Å². The molecule has 132 valence electrons. The summed E-state index contributed by atoms with van der Waals surface area (Å²) in [7, 11) is 0. The topological polar surface area (TPSA) is 136 Å². The quantitative estimate of drug-likeness (QED) is 0.268. The maximum absolute atomic E-state index is 12.0. The van der Waals surface area contributed by atoms with Crippen LogP contribution in [0.15, 0.2) is 35.4 Å². The Bertz CT molecular complexity index is 703. The molecule has 1 unspecified atom stereocenters. The molecule has 25 heavy (non-hydrogen) atoms. The molecule has 1 fully saturated rings. The Labute approximate surface area is 144 Å². The van der Waals surface area contributed by atoms with E-state index in [0.29, 0.717) is 12.8 Å². The number of hydrogen-bond donors (Lipinski definition) is 5. The summed E-state index contributed by atoms with van der Waals surface area (Å²) in [6.07, 6.45) is 2.09. The maximum atomic E-state index is 12.0. The molecular weight excluding hydrogens is 324 g/mol. The van der Waals surface area contributed by atoms with E-state index in [9.17, 15) is 14.4 Å². The Balaban J connectivity index is 1.89. The van der Waals surface area contributed by atoms with Gasteiger partial charge in [-0.2, -0.15) is 5.10 Å². The lowest BCUT2D eigenvalue weighted by Gasteiger charge is -2.25. The van der Waals surface area contributed by atoms with Crippen molar-refractivity contribution in [1.82, 2.24) is 16.0 Å². The highest BCUT2D eigenvalue weighted by Gasteiger charge is 2.45. The first-order chi connectivity index (χ1) is 12.0. The average molecular weight is 344 g/mol. The zero-order chi connectivity index (χ0) is 18.3. The van der Waals surface area contributed by atoms with Gasteiger partial charge in [-0.05, 0) is 18.6 Å². The average Bonchev–Trinajstić information content (AvgIpc) is 2.87. The lowest BCUT2D eigenvalue weighted by molar-refractivity contribution is -0.124. The number of hydrazone groups is 1. The van der Waals surface area contributed by atoms with Crippen molar-refractivity contribution in [3.8, 4) is 0 Å². The van der Waals surface area contributed by atoms with Crippen LogP contribution >= 0.6 is 0 Å². The summed E-state index contributed by atoms with van der Waals surface area (Å²) in [4.78, 5) is 35.3. The highest BCUT2D eigenvalue weighted by Crippen LogP contribution is 2.16. The first-order valence-corrected chi connectivity index (χ1v) is 7.81. The van der Waals surface area contributed by atoms with Gasteiger partial charge in [-0.15, -0.1) is 0 Å². The van der Waals surface area contributed by atoms with Gasteiger partial charge in [0.15, 0.2) is 0 Å². The van der Waals surface area contributed by atoms with Gasteiger partial charge < -0.3 is 10.6 Å². The van der Waals surface area contributed by atoms with Gasteiger partial charge in [0.25, 0.3) is 11.8 Å². The predicted molar refractivity (Wildman–Crippen MR) is 93.6 cm³/mol. The SMILES string of the molecule is CCCC1(CNC(=O)C(=N)/C=N\Nc2ccccc2)NC(=O)NC1=O. The van der Waals surface area contributed by atoms with Crippen LogP contribution in [0.3, 0.4) is 0 Å². The fourth-order valence-electron chi connectivity index (χ4n) is 2.41. The Hall–Kier alpha value is -3.23. The number of amides is 4. The maximum Gasteiger partial charge on any atom is 0.322 e. The second-order valence-corrected chi connectivity index (χ2v) is 5.57.